The van der Waals surface area contributed by atoms with Crippen LogP contribution in [0.3, 0.4) is 0 Å². The zero-order chi connectivity index (χ0) is 12.1. The van der Waals surface area contributed by atoms with E-state index in [0.717, 1.165) is 5.56 Å². The van der Waals surface area contributed by atoms with E-state index >= 15 is 0 Å². The Balaban J connectivity index is 2.69. The maximum absolute atomic E-state index is 11.4. The number of phenols is 1. The summed E-state index contributed by atoms with van der Waals surface area (Å²) < 4.78 is 5.42. The highest BCUT2D eigenvalue weighted by Crippen LogP contribution is 2.22. The van der Waals surface area contributed by atoms with E-state index in [1.165, 1.54) is 6.07 Å². The van der Waals surface area contributed by atoms with E-state index in [2.05, 4.69) is 5.32 Å². The quantitative estimate of drug-likeness (QED) is 0.815. The van der Waals surface area contributed by atoms with Gasteiger partial charge in [0.05, 0.1) is 0 Å². The number of nitrogens with one attached hydrogen (secondary N) is 1. The monoisotopic (exact) mass is 223 g/mol. The minimum atomic E-state index is -0.568. The fourth-order valence-corrected chi connectivity index (χ4v) is 1.37. The standard InChI is InChI=1S/C12H17NO3/c1-4-13-12(15)9(3)16-11-6-8(2)5-10(14)7-11/h5-7,9,14H,4H2,1-3H3,(H,13,15). The van der Waals surface area contributed by atoms with E-state index in [0.29, 0.717) is 12.3 Å². The molecule has 1 rings (SSSR count). The molecule has 0 radical (unpaired) electrons. The zero-order valence-corrected chi connectivity index (χ0v) is 9.78. The Kier molecular flexibility index (Phi) is 4.17. The van der Waals surface area contributed by atoms with Crippen molar-refractivity contribution in [2.24, 2.45) is 0 Å². The highest BCUT2D eigenvalue weighted by atomic mass is 16.5. The van der Waals surface area contributed by atoms with Crippen LogP contribution in [-0.4, -0.2) is 23.7 Å². The Morgan fingerprint density at radius 1 is 1.50 bits per heavy atom. The number of aryl methyl sites for hydroxylation is 1. The molecule has 0 spiro atoms. The molecule has 4 heteroatoms. The molecule has 88 valence electrons. The van der Waals surface area contributed by atoms with Gasteiger partial charge in [-0.25, -0.2) is 0 Å². The van der Waals surface area contributed by atoms with E-state index in [1.54, 1.807) is 19.1 Å². The van der Waals surface area contributed by atoms with Crippen LogP contribution in [0.4, 0.5) is 0 Å². The number of benzene rings is 1. The van der Waals surface area contributed by atoms with Crippen molar-refractivity contribution in [3.05, 3.63) is 23.8 Å². The van der Waals surface area contributed by atoms with E-state index in [-0.39, 0.29) is 11.7 Å². The van der Waals surface area contributed by atoms with Crippen molar-refractivity contribution in [2.75, 3.05) is 6.54 Å². The molecule has 2 N–H and O–H groups in total. The van der Waals surface area contributed by atoms with Crippen LogP contribution in [-0.2, 0) is 4.79 Å². The third kappa shape index (κ3) is 3.46. The van der Waals surface area contributed by atoms with Crippen molar-refractivity contribution >= 4 is 5.91 Å². The first-order valence-corrected chi connectivity index (χ1v) is 5.28. The molecular weight excluding hydrogens is 206 g/mol. The van der Waals surface area contributed by atoms with Crippen LogP contribution in [0.5, 0.6) is 11.5 Å². The van der Waals surface area contributed by atoms with Crippen LogP contribution in [0.2, 0.25) is 0 Å². The molecule has 0 heterocycles. The maximum Gasteiger partial charge on any atom is 0.260 e. The first-order chi connectivity index (χ1) is 7.52. The number of carbonyl (C=O) groups is 1. The molecule has 0 aromatic heterocycles. The number of hydrogen-bond acceptors (Lipinski definition) is 3. The Morgan fingerprint density at radius 2 is 2.19 bits per heavy atom. The Bertz CT molecular complexity index is 356. The molecule has 0 aliphatic heterocycles. The topological polar surface area (TPSA) is 58.6 Å². The van der Waals surface area contributed by atoms with E-state index in [4.69, 9.17) is 4.74 Å². The smallest absolute Gasteiger partial charge is 0.260 e. The first-order valence-electron chi connectivity index (χ1n) is 5.28. The number of amides is 1. The van der Waals surface area contributed by atoms with Crippen molar-refractivity contribution in [3.63, 3.8) is 0 Å². The summed E-state index contributed by atoms with van der Waals surface area (Å²) in [6.45, 7) is 5.95. The molecular formula is C12H17NO3. The zero-order valence-electron chi connectivity index (χ0n) is 9.78. The van der Waals surface area contributed by atoms with Crippen molar-refractivity contribution < 1.29 is 14.6 Å². The molecule has 0 bridgehead atoms. The minimum absolute atomic E-state index is 0.137. The lowest BCUT2D eigenvalue weighted by Crippen LogP contribution is -2.36. The molecule has 0 aliphatic carbocycles. The Morgan fingerprint density at radius 3 is 2.75 bits per heavy atom. The van der Waals surface area contributed by atoms with Gasteiger partial charge in [-0.1, -0.05) is 0 Å². The summed E-state index contributed by atoms with van der Waals surface area (Å²) >= 11 is 0. The SMILES string of the molecule is CCNC(=O)C(C)Oc1cc(C)cc(O)c1. The van der Waals surface area contributed by atoms with E-state index in [1.807, 2.05) is 13.8 Å². The molecule has 4 nitrogen and oxygen atoms in total. The molecule has 16 heavy (non-hydrogen) atoms. The van der Waals surface area contributed by atoms with Crippen LogP contribution in [0.1, 0.15) is 19.4 Å². The van der Waals surface area contributed by atoms with Crippen LogP contribution >= 0.6 is 0 Å². The normalized spacial score (nSPS) is 11.9. The Labute approximate surface area is 95.2 Å². The molecule has 1 aromatic carbocycles. The summed E-state index contributed by atoms with van der Waals surface area (Å²) in [4.78, 5) is 11.4. The van der Waals surface area contributed by atoms with E-state index in [9.17, 15) is 9.90 Å². The van der Waals surface area contributed by atoms with Gasteiger partial charge in [0.1, 0.15) is 11.5 Å². The number of ether oxygens (including phenoxy) is 1. The largest absolute Gasteiger partial charge is 0.508 e. The third-order valence-electron chi connectivity index (χ3n) is 2.07. The lowest BCUT2D eigenvalue weighted by Gasteiger charge is -2.14. The molecule has 0 saturated carbocycles. The van der Waals surface area contributed by atoms with Gasteiger partial charge in [0.2, 0.25) is 0 Å². The molecule has 0 saturated heterocycles. The summed E-state index contributed by atoms with van der Waals surface area (Å²) in [5, 5.41) is 12.0. The predicted molar refractivity (Wildman–Crippen MR) is 61.6 cm³/mol. The number of aromatic hydroxyl groups is 1. The summed E-state index contributed by atoms with van der Waals surface area (Å²) in [6.07, 6.45) is -0.568. The van der Waals surface area contributed by atoms with Gasteiger partial charge in [-0.05, 0) is 38.5 Å². The van der Waals surface area contributed by atoms with Crippen LogP contribution in [0, 0.1) is 6.92 Å². The Hall–Kier alpha value is -1.71. The van der Waals surface area contributed by atoms with Gasteiger partial charge in [0, 0.05) is 12.6 Å². The van der Waals surface area contributed by atoms with Gasteiger partial charge < -0.3 is 15.2 Å². The fourth-order valence-electron chi connectivity index (χ4n) is 1.37. The van der Waals surface area contributed by atoms with Gasteiger partial charge in [-0.3, -0.25) is 4.79 Å². The molecule has 1 unspecified atom stereocenters. The van der Waals surface area contributed by atoms with Gasteiger partial charge in [0.25, 0.3) is 5.91 Å². The lowest BCUT2D eigenvalue weighted by molar-refractivity contribution is -0.127. The van der Waals surface area contributed by atoms with E-state index < -0.39 is 6.10 Å². The van der Waals surface area contributed by atoms with Gasteiger partial charge in [0.15, 0.2) is 6.10 Å². The average molecular weight is 223 g/mol. The summed E-state index contributed by atoms with van der Waals surface area (Å²) in [7, 11) is 0. The number of carbonyl (C=O) groups excluding carboxylic acids is 1. The predicted octanol–water partition coefficient (Wildman–Crippen LogP) is 1.60. The number of rotatable bonds is 4. The van der Waals surface area contributed by atoms with Gasteiger partial charge in [-0.15, -0.1) is 0 Å². The maximum atomic E-state index is 11.4. The number of likely N-dealkylation sites (N-methyl/N-ethyl adjacent to an activating group) is 1. The van der Waals surface area contributed by atoms with Crippen molar-refractivity contribution in [1.82, 2.24) is 5.32 Å². The lowest BCUT2D eigenvalue weighted by atomic mass is 10.2. The summed E-state index contributed by atoms with van der Waals surface area (Å²) in [6, 6.07) is 4.89. The number of phenolic OH excluding ortho intramolecular Hbond substituents is 1. The highest BCUT2D eigenvalue weighted by molar-refractivity contribution is 5.80. The van der Waals surface area contributed by atoms with Gasteiger partial charge in [-0.2, -0.15) is 0 Å². The summed E-state index contributed by atoms with van der Waals surface area (Å²) in [5.41, 5.74) is 0.887. The minimum Gasteiger partial charge on any atom is -0.508 e. The third-order valence-corrected chi connectivity index (χ3v) is 2.07. The molecule has 0 aliphatic rings. The number of hydrogen-bond donors (Lipinski definition) is 2. The molecule has 1 aromatic rings. The second kappa shape index (κ2) is 5.39. The summed E-state index contributed by atoms with van der Waals surface area (Å²) in [5.74, 6) is 0.470. The van der Waals surface area contributed by atoms with Crippen molar-refractivity contribution in [1.29, 1.82) is 0 Å². The second-order valence-corrected chi connectivity index (χ2v) is 3.66. The first kappa shape index (κ1) is 12.4. The molecule has 0 fully saturated rings. The van der Waals surface area contributed by atoms with Crippen LogP contribution < -0.4 is 10.1 Å². The van der Waals surface area contributed by atoms with Crippen molar-refractivity contribution in [3.8, 4) is 11.5 Å². The van der Waals surface area contributed by atoms with Gasteiger partial charge >= 0.3 is 0 Å². The fraction of sp³-hybridized carbons (Fsp3) is 0.417. The average Bonchev–Trinajstić information content (AvgIpc) is 2.16. The van der Waals surface area contributed by atoms with Crippen LogP contribution in [0.25, 0.3) is 0 Å². The second-order valence-electron chi connectivity index (χ2n) is 3.66. The molecule has 1 amide bonds. The van der Waals surface area contributed by atoms with Crippen molar-refractivity contribution in [2.45, 2.75) is 26.9 Å². The van der Waals surface area contributed by atoms with Crippen LogP contribution in [0.15, 0.2) is 18.2 Å². The molecule has 1 atom stereocenters. The highest BCUT2D eigenvalue weighted by Gasteiger charge is 2.13.